The summed E-state index contributed by atoms with van der Waals surface area (Å²) in [6.45, 7) is 6.57. The molecule has 0 bridgehead atoms. The molecular weight excluding hydrogens is 340 g/mol. The molecule has 0 aromatic heterocycles. The van der Waals surface area contributed by atoms with Gasteiger partial charge in [0, 0.05) is 12.8 Å². The smallest absolute Gasteiger partial charge is 0.306 e. The van der Waals surface area contributed by atoms with Gasteiger partial charge in [-0.05, 0) is 33.1 Å². The highest BCUT2D eigenvalue weighted by molar-refractivity contribution is 5.69. The maximum atomic E-state index is 11.6. The third-order valence-corrected chi connectivity index (χ3v) is 4.64. The van der Waals surface area contributed by atoms with E-state index in [0.717, 1.165) is 32.1 Å². The lowest BCUT2D eigenvalue weighted by molar-refractivity contribution is -0.147. The van der Waals surface area contributed by atoms with Crippen LogP contribution in [-0.4, -0.2) is 24.6 Å². The number of unbranched alkanes of at least 4 members (excludes halogenated alkanes) is 12. The zero-order valence-electron chi connectivity index (χ0n) is 18.2. The van der Waals surface area contributed by atoms with Crippen LogP contribution in [0.25, 0.3) is 0 Å². The van der Waals surface area contributed by atoms with Crippen molar-refractivity contribution in [2.24, 2.45) is 0 Å². The molecule has 0 radical (unpaired) electrons. The Balaban J connectivity index is 3.22. The van der Waals surface area contributed by atoms with Crippen molar-refractivity contribution in [2.45, 2.75) is 130 Å². The predicted octanol–water partition coefficient (Wildman–Crippen LogP) is 6.74. The molecule has 0 rings (SSSR count). The van der Waals surface area contributed by atoms with Crippen LogP contribution in [0.3, 0.4) is 0 Å². The Morgan fingerprint density at radius 2 is 1.07 bits per heavy atom. The third kappa shape index (κ3) is 21.1. The van der Waals surface area contributed by atoms with Crippen LogP contribution in [0.4, 0.5) is 0 Å². The van der Waals surface area contributed by atoms with E-state index in [2.05, 4.69) is 6.92 Å². The topological polar surface area (TPSA) is 52.6 Å². The fourth-order valence-electron chi connectivity index (χ4n) is 3.06. The Kier molecular flexibility index (Phi) is 18.9. The minimum absolute atomic E-state index is 0.00472. The number of esters is 2. The summed E-state index contributed by atoms with van der Waals surface area (Å²) in [6, 6.07) is 0. The molecule has 0 heterocycles. The molecule has 0 aliphatic carbocycles. The standard InChI is InChI=1S/C23H44O4/c1-4-5-6-14-17-20-26-22(24)18-15-12-10-8-7-9-11-13-16-19-23(25)27-21(2)3/h21H,4-20H2,1-3H3. The van der Waals surface area contributed by atoms with E-state index < -0.39 is 0 Å². The summed E-state index contributed by atoms with van der Waals surface area (Å²) in [6.07, 6.45) is 17.3. The first-order valence-electron chi connectivity index (χ1n) is 11.4. The molecule has 160 valence electrons. The van der Waals surface area contributed by atoms with Gasteiger partial charge in [-0.3, -0.25) is 9.59 Å². The van der Waals surface area contributed by atoms with E-state index >= 15 is 0 Å². The van der Waals surface area contributed by atoms with Gasteiger partial charge in [-0.25, -0.2) is 0 Å². The van der Waals surface area contributed by atoms with E-state index in [1.54, 1.807) is 0 Å². The van der Waals surface area contributed by atoms with Gasteiger partial charge in [0.1, 0.15) is 0 Å². The van der Waals surface area contributed by atoms with Crippen LogP contribution in [0.5, 0.6) is 0 Å². The molecule has 0 unspecified atom stereocenters. The normalized spacial score (nSPS) is 11.0. The average molecular weight is 385 g/mol. The van der Waals surface area contributed by atoms with E-state index in [-0.39, 0.29) is 18.0 Å². The van der Waals surface area contributed by atoms with Crippen LogP contribution in [0.2, 0.25) is 0 Å². The second kappa shape index (κ2) is 19.7. The van der Waals surface area contributed by atoms with Crippen LogP contribution >= 0.6 is 0 Å². The zero-order valence-corrected chi connectivity index (χ0v) is 18.2. The Hall–Kier alpha value is -1.06. The highest BCUT2D eigenvalue weighted by atomic mass is 16.5. The lowest BCUT2D eigenvalue weighted by Crippen LogP contribution is -2.10. The van der Waals surface area contributed by atoms with Crippen molar-refractivity contribution in [3.63, 3.8) is 0 Å². The lowest BCUT2D eigenvalue weighted by Gasteiger charge is -2.07. The number of carbonyl (C=O) groups is 2. The van der Waals surface area contributed by atoms with E-state index in [1.807, 2.05) is 13.8 Å². The van der Waals surface area contributed by atoms with Crippen molar-refractivity contribution >= 4 is 11.9 Å². The molecule has 0 aromatic rings. The van der Waals surface area contributed by atoms with Crippen LogP contribution in [0.15, 0.2) is 0 Å². The molecule has 0 atom stereocenters. The highest BCUT2D eigenvalue weighted by Crippen LogP contribution is 2.12. The van der Waals surface area contributed by atoms with E-state index in [1.165, 1.54) is 57.8 Å². The molecule has 0 amide bonds. The molecule has 27 heavy (non-hydrogen) atoms. The van der Waals surface area contributed by atoms with Gasteiger partial charge in [-0.2, -0.15) is 0 Å². The van der Waals surface area contributed by atoms with Crippen molar-refractivity contribution in [3.8, 4) is 0 Å². The second-order valence-corrected chi connectivity index (χ2v) is 7.86. The Morgan fingerprint density at radius 1 is 0.630 bits per heavy atom. The van der Waals surface area contributed by atoms with Gasteiger partial charge in [0.15, 0.2) is 0 Å². The lowest BCUT2D eigenvalue weighted by atomic mass is 10.1. The van der Waals surface area contributed by atoms with Gasteiger partial charge in [-0.1, -0.05) is 77.6 Å². The van der Waals surface area contributed by atoms with Crippen molar-refractivity contribution in [3.05, 3.63) is 0 Å². The van der Waals surface area contributed by atoms with Crippen molar-refractivity contribution in [1.29, 1.82) is 0 Å². The summed E-state index contributed by atoms with van der Waals surface area (Å²) < 4.78 is 10.4. The Labute approximate surface area is 167 Å². The summed E-state index contributed by atoms with van der Waals surface area (Å²) in [5.74, 6) is -0.0958. The van der Waals surface area contributed by atoms with Gasteiger partial charge >= 0.3 is 11.9 Å². The summed E-state index contributed by atoms with van der Waals surface area (Å²) >= 11 is 0. The highest BCUT2D eigenvalue weighted by Gasteiger charge is 2.05. The molecule has 0 fully saturated rings. The van der Waals surface area contributed by atoms with Crippen molar-refractivity contribution < 1.29 is 19.1 Å². The number of ether oxygens (including phenoxy) is 2. The monoisotopic (exact) mass is 384 g/mol. The summed E-state index contributed by atoms with van der Waals surface area (Å²) in [7, 11) is 0. The molecule has 0 spiro atoms. The molecule has 0 saturated heterocycles. The first-order valence-corrected chi connectivity index (χ1v) is 11.4. The molecule has 0 aliphatic rings. The van der Waals surface area contributed by atoms with Crippen LogP contribution in [0, 0.1) is 0 Å². The van der Waals surface area contributed by atoms with E-state index in [4.69, 9.17) is 9.47 Å². The number of hydrogen-bond donors (Lipinski definition) is 0. The van der Waals surface area contributed by atoms with Gasteiger partial charge in [-0.15, -0.1) is 0 Å². The molecule has 0 N–H and O–H groups in total. The minimum Gasteiger partial charge on any atom is -0.466 e. The van der Waals surface area contributed by atoms with Gasteiger partial charge in [0.25, 0.3) is 0 Å². The Morgan fingerprint density at radius 3 is 1.59 bits per heavy atom. The van der Waals surface area contributed by atoms with Gasteiger partial charge in [0.2, 0.25) is 0 Å². The molecule has 0 aromatic carbocycles. The summed E-state index contributed by atoms with van der Waals surface area (Å²) in [5.41, 5.74) is 0. The third-order valence-electron chi connectivity index (χ3n) is 4.64. The molecule has 0 saturated carbocycles. The second-order valence-electron chi connectivity index (χ2n) is 7.86. The fraction of sp³-hybridized carbons (Fsp3) is 0.913. The Bertz CT molecular complexity index is 352. The van der Waals surface area contributed by atoms with Crippen LogP contribution in [0.1, 0.15) is 124 Å². The summed E-state index contributed by atoms with van der Waals surface area (Å²) in [5, 5.41) is 0. The van der Waals surface area contributed by atoms with E-state index in [0.29, 0.717) is 19.4 Å². The minimum atomic E-state index is -0.0694. The van der Waals surface area contributed by atoms with Crippen molar-refractivity contribution in [1.82, 2.24) is 0 Å². The molecular formula is C23H44O4. The van der Waals surface area contributed by atoms with E-state index in [9.17, 15) is 9.59 Å². The maximum Gasteiger partial charge on any atom is 0.306 e. The van der Waals surface area contributed by atoms with Crippen LogP contribution in [-0.2, 0) is 19.1 Å². The maximum absolute atomic E-state index is 11.6. The number of rotatable bonds is 19. The SMILES string of the molecule is CCCCCCCOC(=O)CCCCCCCCCCCC(=O)OC(C)C. The quantitative estimate of drug-likeness (QED) is 0.183. The summed E-state index contributed by atoms with van der Waals surface area (Å²) in [4.78, 5) is 23.0. The molecule has 4 nitrogen and oxygen atoms in total. The zero-order chi connectivity index (χ0) is 20.2. The largest absolute Gasteiger partial charge is 0.466 e. The number of carbonyl (C=O) groups excluding carboxylic acids is 2. The number of hydrogen-bond acceptors (Lipinski definition) is 4. The first-order chi connectivity index (χ1) is 13.1. The van der Waals surface area contributed by atoms with Gasteiger partial charge < -0.3 is 9.47 Å². The van der Waals surface area contributed by atoms with Gasteiger partial charge in [0.05, 0.1) is 12.7 Å². The fourth-order valence-corrected chi connectivity index (χ4v) is 3.06. The molecule has 0 aliphatic heterocycles. The predicted molar refractivity (Wildman–Crippen MR) is 112 cm³/mol. The average Bonchev–Trinajstić information content (AvgIpc) is 2.62. The van der Waals surface area contributed by atoms with Crippen molar-refractivity contribution in [2.75, 3.05) is 6.61 Å². The van der Waals surface area contributed by atoms with Crippen LogP contribution < -0.4 is 0 Å². The molecule has 4 heteroatoms. The first kappa shape index (κ1) is 25.9.